The van der Waals surface area contributed by atoms with Crippen molar-refractivity contribution >= 4 is 11.3 Å². The van der Waals surface area contributed by atoms with E-state index in [1.807, 2.05) is 17.4 Å². The van der Waals surface area contributed by atoms with E-state index in [1.54, 1.807) is 0 Å². The second-order valence-electron chi connectivity index (χ2n) is 4.14. The van der Waals surface area contributed by atoms with Gasteiger partial charge in [0.15, 0.2) is 0 Å². The van der Waals surface area contributed by atoms with E-state index >= 15 is 0 Å². The Morgan fingerprint density at radius 2 is 1.89 bits per heavy atom. The molecule has 19 heavy (non-hydrogen) atoms. The first kappa shape index (κ1) is 14.2. The molecule has 1 heterocycles. The van der Waals surface area contributed by atoms with Crippen LogP contribution in [0.2, 0.25) is 0 Å². The van der Waals surface area contributed by atoms with Crippen molar-refractivity contribution < 1.29 is 9.84 Å². The van der Waals surface area contributed by atoms with E-state index in [0.717, 1.165) is 13.1 Å². The van der Waals surface area contributed by atoms with Gasteiger partial charge in [0.2, 0.25) is 0 Å². The molecule has 0 aliphatic rings. The summed E-state index contributed by atoms with van der Waals surface area (Å²) in [5.41, 5.74) is 1.27. The molecule has 0 aliphatic carbocycles. The van der Waals surface area contributed by atoms with E-state index in [2.05, 4.69) is 41.7 Å². The minimum atomic E-state index is 0.0887. The summed E-state index contributed by atoms with van der Waals surface area (Å²) in [5.74, 6) is 0. The fourth-order valence-corrected chi connectivity index (χ4v) is 2.74. The molecular weight excluding hydrogens is 258 g/mol. The molecule has 1 aromatic heterocycles. The largest absolute Gasteiger partial charge is 0.394 e. The number of hydrogen-bond donors (Lipinski definition) is 2. The Morgan fingerprint density at radius 3 is 2.68 bits per heavy atom. The highest BCUT2D eigenvalue weighted by Gasteiger charge is 2.01. The Hall–Kier alpha value is -1.20. The molecule has 0 atom stereocenters. The average Bonchev–Trinajstić information content (AvgIpc) is 2.92. The fourth-order valence-electron chi connectivity index (χ4n) is 1.75. The molecular formula is C15H19NO2S. The zero-order chi connectivity index (χ0) is 13.3. The molecule has 2 rings (SSSR count). The zero-order valence-electron chi connectivity index (χ0n) is 10.8. The summed E-state index contributed by atoms with van der Waals surface area (Å²) in [5, 5.41) is 11.9. The van der Waals surface area contributed by atoms with Crippen LogP contribution in [0.1, 0.15) is 4.88 Å². The van der Waals surface area contributed by atoms with Crippen LogP contribution in [-0.4, -0.2) is 31.5 Å². The quantitative estimate of drug-likeness (QED) is 0.729. The van der Waals surface area contributed by atoms with E-state index in [4.69, 9.17) is 9.84 Å². The van der Waals surface area contributed by atoms with Gasteiger partial charge in [0.1, 0.15) is 0 Å². The molecule has 2 aromatic rings. The number of ether oxygens (including phenoxy) is 1. The monoisotopic (exact) mass is 277 g/mol. The number of thiophene rings is 1. The number of benzene rings is 1. The van der Waals surface area contributed by atoms with Crippen LogP contribution in [0.15, 0.2) is 42.5 Å². The maximum atomic E-state index is 8.57. The summed E-state index contributed by atoms with van der Waals surface area (Å²) < 4.78 is 5.19. The summed E-state index contributed by atoms with van der Waals surface area (Å²) in [6.07, 6.45) is 0. The third-order valence-corrected chi connectivity index (χ3v) is 3.81. The third kappa shape index (κ3) is 4.76. The standard InChI is InChI=1S/C15H19NO2S/c17-9-11-18-10-8-16-12-14-6-7-15(19-14)13-4-2-1-3-5-13/h1-7,16-17H,8-12H2. The predicted molar refractivity (Wildman–Crippen MR) is 79.4 cm³/mol. The first-order chi connectivity index (χ1) is 9.40. The SMILES string of the molecule is OCCOCCNCc1ccc(-c2ccccc2)s1. The Morgan fingerprint density at radius 1 is 1.05 bits per heavy atom. The first-order valence-electron chi connectivity index (χ1n) is 6.43. The van der Waals surface area contributed by atoms with E-state index in [1.165, 1.54) is 15.3 Å². The maximum Gasteiger partial charge on any atom is 0.0698 e. The van der Waals surface area contributed by atoms with Gasteiger partial charge in [0.05, 0.1) is 19.8 Å². The molecule has 1 aromatic carbocycles. The van der Waals surface area contributed by atoms with Gasteiger partial charge in [0.25, 0.3) is 0 Å². The van der Waals surface area contributed by atoms with Gasteiger partial charge in [-0.05, 0) is 17.7 Å². The molecule has 0 aliphatic heterocycles. The van der Waals surface area contributed by atoms with Gasteiger partial charge in [-0.25, -0.2) is 0 Å². The summed E-state index contributed by atoms with van der Waals surface area (Å²) in [4.78, 5) is 2.62. The molecule has 0 bridgehead atoms. The lowest BCUT2D eigenvalue weighted by molar-refractivity contribution is 0.0938. The lowest BCUT2D eigenvalue weighted by Gasteiger charge is -2.03. The molecule has 0 spiro atoms. The summed E-state index contributed by atoms with van der Waals surface area (Å²) in [6.45, 7) is 2.81. The number of aliphatic hydroxyl groups is 1. The van der Waals surface area contributed by atoms with Crippen LogP contribution in [0, 0.1) is 0 Å². The van der Waals surface area contributed by atoms with Gasteiger partial charge in [-0.15, -0.1) is 11.3 Å². The number of hydrogen-bond acceptors (Lipinski definition) is 4. The van der Waals surface area contributed by atoms with Gasteiger partial charge >= 0.3 is 0 Å². The van der Waals surface area contributed by atoms with Crippen molar-refractivity contribution in [2.24, 2.45) is 0 Å². The van der Waals surface area contributed by atoms with E-state index in [-0.39, 0.29) is 6.61 Å². The van der Waals surface area contributed by atoms with E-state index in [9.17, 15) is 0 Å². The van der Waals surface area contributed by atoms with E-state index < -0.39 is 0 Å². The summed E-state index contributed by atoms with van der Waals surface area (Å²) in [7, 11) is 0. The second-order valence-corrected chi connectivity index (χ2v) is 5.31. The van der Waals surface area contributed by atoms with Crippen molar-refractivity contribution in [3.05, 3.63) is 47.3 Å². The van der Waals surface area contributed by atoms with Crippen LogP contribution < -0.4 is 5.32 Å². The second kappa shape index (κ2) is 8.07. The van der Waals surface area contributed by atoms with Gasteiger partial charge in [0, 0.05) is 22.8 Å². The maximum absolute atomic E-state index is 8.57. The van der Waals surface area contributed by atoms with Crippen molar-refractivity contribution in [1.29, 1.82) is 0 Å². The molecule has 0 unspecified atom stereocenters. The molecule has 0 saturated heterocycles. The van der Waals surface area contributed by atoms with Crippen LogP contribution in [0.25, 0.3) is 10.4 Å². The highest BCUT2D eigenvalue weighted by molar-refractivity contribution is 7.15. The highest BCUT2D eigenvalue weighted by atomic mass is 32.1. The van der Waals surface area contributed by atoms with Crippen molar-refractivity contribution in [1.82, 2.24) is 5.32 Å². The Bertz CT molecular complexity index is 470. The topological polar surface area (TPSA) is 41.5 Å². The minimum absolute atomic E-state index is 0.0887. The smallest absolute Gasteiger partial charge is 0.0698 e. The number of rotatable bonds is 8. The molecule has 102 valence electrons. The highest BCUT2D eigenvalue weighted by Crippen LogP contribution is 2.27. The van der Waals surface area contributed by atoms with Crippen LogP contribution in [0.3, 0.4) is 0 Å². The van der Waals surface area contributed by atoms with E-state index in [0.29, 0.717) is 13.2 Å². The van der Waals surface area contributed by atoms with Crippen molar-refractivity contribution in [2.45, 2.75) is 6.54 Å². The van der Waals surface area contributed by atoms with Gasteiger partial charge in [-0.2, -0.15) is 0 Å². The summed E-state index contributed by atoms with van der Waals surface area (Å²) >= 11 is 1.81. The Kier molecular flexibility index (Phi) is 6.04. The lowest BCUT2D eigenvalue weighted by Crippen LogP contribution is -2.19. The Labute approximate surface area is 117 Å². The molecule has 0 fully saturated rings. The Balaban J connectivity index is 1.75. The lowest BCUT2D eigenvalue weighted by atomic mass is 10.2. The van der Waals surface area contributed by atoms with Crippen LogP contribution in [0.5, 0.6) is 0 Å². The minimum Gasteiger partial charge on any atom is -0.394 e. The van der Waals surface area contributed by atoms with Crippen LogP contribution in [0.4, 0.5) is 0 Å². The molecule has 2 N–H and O–H groups in total. The molecule has 4 heteroatoms. The number of aliphatic hydroxyl groups excluding tert-OH is 1. The summed E-state index contributed by atoms with van der Waals surface area (Å²) in [6, 6.07) is 14.7. The fraction of sp³-hybridized carbons (Fsp3) is 0.333. The molecule has 0 saturated carbocycles. The van der Waals surface area contributed by atoms with Gasteiger partial charge in [-0.1, -0.05) is 30.3 Å². The molecule has 0 amide bonds. The van der Waals surface area contributed by atoms with Crippen LogP contribution in [-0.2, 0) is 11.3 Å². The number of nitrogens with one attached hydrogen (secondary N) is 1. The third-order valence-electron chi connectivity index (χ3n) is 2.68. The average molecular weight is 277 g/mol. The normalized spacial score (nSPS) is 10.8. The van der Waals surface area contributed by atoms with Gasteiger partial charge in [-0.3, -0.25) is 0 Å². The van der Waals surface area contributed by atoms with Crippen LogP contribution >= 0.6 is 11.3 Å². The first-order valence-corrected chi connectivity index (χ1v) is 7.25. The van der Waals surface area contributed by atoms with Crippen molar-refractivity contribution in [3.63, 3.8) is 0 Å². The molecule has 0 radical (unpaired) electrons. The zero-order valence-corrected chi connectivity index (χ0v) is 11.7. The van der Waals surface area contributed by atoms with Gasteiger partial charge < -0.3 is 15.2 Å². The van der Waals surface area contributed by atoms with Crippen molar-refractivity contribution in [3.8, 4) is 10.4 Å². The molecule has 3 nitrogen and oxygen atoms in total. The predicted octanol–water partition coefficient (Wildman–Crippen LogP) is 2.51. The van der Waals surface area contributed by atoms with Crippen molar-refractivity contribution in [2.75, 3.05) is 26.4 Å².